The highest BCUT2D eigenvalue weighted by Gasteiger charge is 2.23. The first kappa shape index (κ1) is 20.8. The van der Waals surface area contributed by atoms with Crippen LogP contribution in [-0.4, -0.2) is 0 Å². The van der Waals surface area contributed by atoms with Crippen LogP contribution in [0.1, 0.15) is 28.7 Å². The molecule has 0 bridgehead atoms. The molecule has 1 aliphatic carbocycles. The van der Waals surface area contributed by atoms with Crippen molar-refractivity contribution in [2.24, 2.45) is 0 Å². The average molecular weight is 526 g/mol. The first-order chi connectivity index (χ1) is 15.7. The van der Waals surface area contributed by atoms with Crippen molar-refractivity contribution < 1.29 is 3.07 Å². The number of benzene rings is 4. The Morgan fingerprint density at radius 3 is 2.25 bits per heavy atom. The fourth-order valence-corrected chi connectivity index (χ4v) is 5.11. The molecule has 0 amide bonds. The SMILES string of the molecule is C=Cc1c(C=C)c(-c2ccccc2)c2c(c1-c1ccc3cc(OI)ccc3c1)C=CCC2. The lowest BCUT2D eigenvalue weighted by molar-refractivity contribution is 0.718. The molecule has 0 saturated carbocycles. The molecule has 0 unspecified atom stereocenters. The zero-order valence-corrected chi connectivity index (χ0v) is 19.9. The minimum absolute atomic E-state index is 0.860. The average Bonchev–Trinajstić information content (AvgIpc) is 2.86. The number of fused-ring (bicyclic) bond motifs is 2. The summed E-state index contributed by atoms with van der Waals surface area (Å²) in [5.41, 5.74) is 9.92. The lowest BCUT2D eigenvalue weighted by Gasteiger charge is -2.25. The fourth-order valence-electron chi connectivity index (χ4n) is 4.83. The van der Waals surface area contributed by atoms with Crippen molar-refractivity contribution in [3.8, 4) is 28.0 Å². The Labute approximate surface area is 203 Å². The van der Waals surface area contributed by atoms with Crippen molar-refractivity contribution in [1.29, 1.82) is 0 Å². The van der Waals surface area contributed by atoms with Crippen molar-refractivity contribution in [2.45, 2.75) is 12.8 Å². The number of rotatable bonds is 5. The predicted molar refractivity (Wildman–Crippen MR) is 147 cm³/mol. The van der Waals surface area contributed by atoms with E-state index in [0.717, 1.165) is 35.1 Å². The molecule has 0 aromatic heterocycles. The molecule has 0 saturated heterocycles. The minimum Gasteiger partial charge on any atom is -0.428 e. The summed E-state index contributed by atoms with van der Waals surface area (Å²) in [6, 6.07) is 23.5. The summed E-state index contributed by atoms with van der Waals surface area (Å²) in [5.74, 6) is 0.860. The van der Waals surface area contributed by atoms with E-state index in [9.17, 15) is 0 Å². The highest BCUT2D eigenvalue weighted by Crippen LogP contribution is 2.44. The Bertz CT molecular complexity index is 1380. The second-order valence-electron chi connectivity index (χ2n) is 7.99. The molecule has 4 aromatic carbocycles. The second kappa shape index (κ2) is 8.79. The molecule has 156 valence electrons. The third-order valence-corrected chi connectivity index (χ3v) is 6.74. The highest BCUT2D eigenvalue weighted by atomic mass is 127. The van der Waals surface area contributed by atoms with E-state index in [0.29, 0.717) is 0 Å². The van der Waals surface area contributed by atoms with Crippen LogP contribution in [0.15, 0.2) is 86.0 Å². The molecule has 5 rings (SSSR count). The summed E-state index contributed by atoms with van der Waals surface area (Å²) >= 11 is 1.92. The van der Waals surface area contributed by atoms with Crippen LogP contribution in [-0.2, 0) is 6.42 Å². The van der Waals surface area contributed by atoms with Gasteiger partial charge in [0, 0.05) is 0 Å². The number of halogens is 1. The largest absolute Gasteiger partial charge is 0.428 e. The molecule has 1 nitrogen and oxygen atoms in total. The van der Waals surface area contributed by atoms with E-state index in [1.807, 2.05) is 41.2 Å². The third kappa shape index (κ3) is 3.49. The zero-order valence-electron chi connectivity index (χ0n) is 17.8. The van der Waals surface area contributed by atoms with Crippen LogP contribution in [0.5, 0.6) is 5.75 Å². The Morgan fingerprint density at radius 2 is 1.50 bits per heavy atom. The van der Waals surface area contributed by atoms with Crippen LogP contribution in [0, 0.1) is 0 Å². The Balaban J connectivity index is 1.84. The lowest BCUT2D eigenvalue weighted by Crippen LogP contribution is -2.05. The van der Waals surface area contributed by atoms with Gasteiger partial charge in [-0.05, 0) is 86.3 Å². The maximum absolute atomic E-state index is 5.37. The topological polar surface area (TPSA) is 9.23 Å². The maximum Gasteiger partial charge on any atom is 0.192 e. The predicted octanol–water partition coefficient (Wildman–Crippen LogP) is 9.15. The number of hydrogen-bond donors (Lipinski definition) is 0. The Morgan fingerprint density at radius 1 is 0.781 bits per heavy atom. The van der Waals surface area contributed by atoms with E-state index in [-0.39, 0.29) is 0 Å². The second-order valence-corrected chi connectivity index (χ2v) is 8.43. The van der Waals surface area contributed by atoms with Gasteiger partial charge in [-0.3, -0.25) is 0 Å². The molecular weight excluding hydrogens is 503 g/mol. The standard InChI is InChI=1S/C30H23IO/c1-3-25-26(4-2)30(23-15-14-22-19-24(32-31)17-16-21(22)18-23)28-13-9-8-12-27(28)29(25)20-10-6-5-7-11-20/h3-7,9-11,13-19H,1-2,8,12H2. The molecule has 0 heterocycles. The monoisotopic (exact) mass is 526 g/mol. The molecule has 2 heteroatoms. The van der Waals surface area contributed by atoms with Crippen molar-refractivity contribution in [3.05, 3.63) is 108 Å². The van der Waals surface area contributed by atoms with Gasteiger partial charge in [-0.1, -0.05) is 86.0 Å². The zero-order chi connectivity index (χ0) is 22.1. The lowest BCUT2D eigenvalue weighted by atomic mass is 9.78. The number of hydrogen-bond acceptors (Lipinski definition) is 1. The van der Waals surface area contributed by atoms with E-state index >= 15 is 0 Å². The first-order valence-corrected chi connectivity index (χ1v) is 11.7. The summed E-state index contributed by atoms with van der Waals surface area (Å²) in [4.78, 5) is 0. The number of allylic oxidation sites excluding steroid dienone is 1. The highest BCUT2D eigenvalue weighted by molar-refractivity contribution is 14.1. The molecule has 0 spiro atoms. The normalized spacial score (nSPS) is 12.4. The molecule has 0 N–H and O–H groups in total. The van der Waals surface area contributed by atoms with Crippen LogP contribution < -0.4 is 3.07 Å². The summed E-state index contributed by atoms with van der Waals surface area (Å²) in [6.07, 6.45) is 10.6. The summed E-state index contributed by atoms with van der Waals surface area (Å²) in [6.45, 7) is 8.40. The maximum atomic E-state index is 5.37. The van der Waals surface area contributed by atoms with Gasteiger partial charge < -0.3 is 3.07 Å². The Kier molecular flexibility index (Phi) is 5.71. The molecular formula is C30H23IO. The summed E-state index contributed by atoms with van der Waals surface area (Å²) in [5, 5.41) is 2.35. The summed E-state index contributed by atoms with van der Waals surface area (Å²) in [7, 11) is 0. The third-order valence-electron chi connectivity index (χ3n) is 6.23. The van der Waals surface area contributed by atoms with Gasteiger partial charge in [0.2, 0.25) is 0 Å². The van der Waals surface area contributed by atoms with Crippen LogP contribution in [0.25, 0.3) is 51.3 Å². The van der Waals surface area contributed by atoms with Gasteiger partial charge in [-0.25, -0.2) is 0 Å². The van der Waals surface area contributed by atoms with Crippen molar-refractivity contribution >= 4 is 52.0 Å². The summed E-state index contributed by atoms with van der Waals surface area (Å²) < 4.78 is 5.37. The van der Waals surface area contributed by atoms with Gasteiger partial charge >= 0.3 is 0 Å². The van der Waals surface area contributed by atoms with Crippen molar-refractivity contribution in [2.75, 3.05) is 0 Å². The quantitative estimate of drug-likeness (QED) is 0.236. The van der Waals surface area contributed by atoms with Gasteiger partial charge in [0.25, 0.3) is 0 Å². The van der Waals surface area contributed by atoms with Crippen LogP contribution >= 0.6 is 23.0 Å². The molecule has 4 aromatic rings. The van der Waals surface area contributed by atoms with E-state index in [4.69, 9.17) is 3.07 Å². The van der Waals surface area contributed by atoms with Gasteiger partial charge in [-0.2, -0.15) is 0 Å². The first-order valence-electron chi connectivity index (χ1n) is 10.8. The molecule has 0 aliphatic heterocycles. The van der Waals surface area contributed by atoms with Crippen molar-refractivity contribution in [3.63, 3.8) is 0 Å². The van der Waals surface area contributed by atoms with E-state index < -0.39 is 0 Å². The van der Waals surface area contributed by atoms with E-state index in [2.05, 4.69) is 86.0 Å². The van der Waals surface area contributed by atoms with Gasteiger partial charge in [0.1, 0.15) is 5.75 Å². The molecule has 1 aliphatic rings. The molecule has 0 atom stereocenters. The fraction of sp³-hybridized carbons (Fsp3) is 0.0667. The minimum atomic E-state index is 0.860. The Hall–Kier alpha value is -3.11. The van der Waals surface area contributed by atoms with Gasteiger partial charge in [-0.15, -0.1) is 0 Å². The van der Waals surface area contributed by atoms with Crippen LogP contribution in [0.2, 0.25) is 0 Å². The van der Waals surface area contributed by atoms with E-state index in [1.165, 1.54) is 38.8 Å². The smallest absolute Gasteiger partial charge is 0.192 e. The van der Waals surface area contributed by atoms with Gasteiger partial charge in [0.15, 0.2) is 23.0 Å². The molecule has 32 heavy (non-hydrogen) atoms. The molecule has 0 fully saturated rings. The van der Waals surface area contributed by atoms with E-state index in [1.54, 1.807) is 0 Å². The van der Waals surface area contributed by atoms with Crippen molar-refractivity contribution in [1.82, 2.24) is 0 Å². The van der Waals surface area contributed by atoms with Crippen LogP contribution in [0.4, 0.5) is 0 Å². The van der Waals surface area contributed by atoms with Crippen LogP contribution in [0.3, 0.4) is 0 Å². The molecule has 0 radical (unpaired) electrons. The van der Waals surface area contributed by atoms with Gasteiger partial charge in [0.05, 0.1) is 0 Å².